The van der Waals surface area contributed by atoms with E-state index in [4.69, 9.17) is 26.6 Å². The number of carbonyl (C=O) groups excluding carboxylic acids is 2. The van der Waals surface area contributed by atoms with E-state index in [1.54, 1.807) is 12.1 Å². The van der Waals surface area contributed by atoms with Gasteiger partial charge in [-0.25, -0.2) is 9.18 Å². The SMILES string of the molecule is O=C(O)c1ccc(NC(=O)C2c3cccc(C4=CCN(CC(O)C(O)C(O)C(O)CO)CC4)c3CCN2C(=O)/C=C/c2c(-n3cnnn3)ccc(Cl)c2F)cc1.O=CO. The second-order valence-electron chi connectivity index (χ2n) is 13.5. The van der Waals surface area contributed by atoms with Gasteiger partial charge in [0.2, 0.25) is 5.91 Å². The zero-order valence-electron chi connectivity index (χ0n) is 31.1. The van der Waals surface area contributed by atoms with Gasteiger partial charge in [0.05, 0.1) is 29.0 Å². The van der Waals surface area contributed by atoms with Gasteiger partial charge in [-0.15, -0.1) is 5.10 Å². The number of benzene rings is 3. The fraction of sp³-hybridized carbons (Fsp3) is 0.308. The standard InChI is InChI=1S/C38H39ClFN7O9.CH2O2/c39-28-9-10-29(47-20-41-43-44-47)27(33(28)40)8-11-32(51)46-17-14-25-24(21-12-15-45(16-13-21)18-30(49)35(52)36(53)31(50)19-48)2-1-3-26(25)34(46)37(54)42-23-6-4-22(5-7-23)38(55)56;2-1-3/h1-12,20,30-31,34-36,48-50,52-53H,13-19H2,(H,42,54)(H,55,56);1H,(H,2,3)/b11-8+;. The van der Waals surface area contributed by atoms with Crippen molar-refractivity contribution >= 4 is 53.2 Å². The molecule has 5 unspecified atom stereocenters. The molecule has 0 bridgehead atoms. The van der Waals surface area contributed by atoms with Gasteiger partial charge in [-0.05, 0) is 88.0 Å². The molecule has 2 aliphatic rings. The molecule has 1 aromatic heterocycles. The predicted molar refractivity (Wildman–Crippen MR) is 209 cm³/mol. The molecule has 6 rings (SSSR count). The Bertz CT molecular complexity index is 2190. The van der Waals surface area contributed by atoms with Crippen LogP contribution in [0.5, 0.6) is 0 Å². The molecule has 0 aliphatic carbocycles. The summed E-state index contributed by atoms with van der Waals surface area (Å²) < 4.78 is 16.6. The van der Waals surface area contributed by atoms with Crippen LogP contribution in [0, 0.1) is 5.82 Å². The molecule has 0 fully saturated rings. The average Bonchev–Trinajstić information content (AvgIpc) is 3.78. The molecular weight excluding hydrogens is 797 g/mol. The summed E-state index contributed by atoms with van der Waals surface area (Å²) in [6.07, 6.45) is 0.0740. The number of carboxylic acid groups (broad SMARTS) is 2. The van der Waals surface area contributed by atoms with Crippen molar-refractivity contribution in [2.75, 3.05) is 38.1 Å². The smallest absolute Gasteiger partial charge is 0.335 e. The van der Waals surface area contributed by atoms with E-state index in [2.05, 4.69) is 20.8 Å². The minimum Gasteiger partial charge on any atom is -0.483 e. The minimum absolute atomic E-state index is 0.0103. The summed E-state index contributed by atoms with van der Waals surface area (Å²) in [6.45, 7) is -0.0909. The van der Waals surface area contributed by atoms with Crippen LogP contribution in [0.15, 0.2) is 73.1 Å². The molecule has 2 amide bonds. The first-order valence-corrected chi connectivity index (χ1v) is 18.5. The van der Waals surface area contributed by atoms with Crippen LogP contribution in [0.1, 0.15) is 45.1 Å². The minimum atomic E-state index is -1.73. The summed E-state index contributed by atoms with van der Waals surface area (Å²) in [5.74, 6) is -3.11. The van der Waals surface area contributed by atoms with Crippen LogP contribution in [-0.2, 0) is 20.8 Å². The van der Waals surface area contributed by atoms with Gasteiger partial charge in [-0.2, -0.15) is 4.68 Å². The number of carbonyl (C=O) groups is 4. The fourth-order valence-electron chi connectivity index (χ4n) is 6.89. The molecule has 0 radical (unpaired) electrons. The van der Waals surface area contributed by atoms with Crippen molar-refractivity contribution < 1.29 is 59.3 Å². The summed E-state index contributed by atoms with van der Waals surface area (Å²) in [7, 11) is 0. The maximum Gasteiger partial charge on any atom is 0.335 e. The number of rotatable bonds is 13. The van der Waals surface area contributed by atoms with Crippen LogP contribution in [0.3, 0.4) is 0 Å². The molecular formula is C39H41ClFN7O11. The number of anilines is 1. The van der Waals surface area contributed by atoms with E-state index in [0.29, 0.717) is 37.2 Å². The number of aromatic carboxylic acids is 1. The van der Waals surface area contributed by atoms with Gasteiger partial charge in [0, 0.05) is 43.5 Å². The summed E-state index contributed by atoms with van der Waals surface area (Å²) in [6, 6.07) is 12.7. The molecule has 0 saturated heterocycles. The third-order valence-electron chi connectivity index (χ3n) is 9.86. The van der Waals surface area contributed by atoms with E-state index in [1.165, 1.54) is 58.4 Å². The molecule has 2 aliphatic heterocycles. The van der Waals surface area contributed by atoms with Gasteiger partial charge in [0.1, 0.15) is 30.7 Å². The van der Waals surface area contributed by atoms with Crippen LogP contribution < -0.4 is 5.32 Å². The number of halogens is 2. The van der Waals surface area contributed by atoms with Crippen molar-refractivity contribution in [3.63, 3.8) is 0 Å². The summed E-state index contributed by atoms with van der Waals surface area (Å²) in [5, 5.41) is 79.3. The number of fused-ring (bicyclic) bond motifs is 1. The lowest BCUT2D eigenvalue weighted by Crippen LogP contribution is -2.50. The number of hydrogen-bond donors (Lipinski definition) is 8. The van der Waals surface area contributed by atoms with Crippen LogP contribution in [0.4, 0.5) is 10.1 Å². The van der Waals surface area contributed by atoms with Crippen LogP contribution in [0.2, 0.25) is 5.02 Å². The third kappa shape index (κ3) is 10.4. The monoisotopic (exact) mass is 837 g/mol. The molecule has 18 nitrogen and oxygen atoms in total. The number of aliphatic hydroxyl groups excluding tert-OH is 5. The van der Waals surface area contributed by atoms with Gasteiger partial charge in [0.25, 0.3) is 12.4 Å². The highest BCUT2D eigenvalue weighted by Gasteiger charge is 2.37. The Morgan fingerprint density at radius 2 is 1.69 bits per heavy atom. The lowest BCUT2D eigenvalue weighted by atomic mass is 9.84. The number of tetrazole rings is 1. The number of aromatic nitrogens is 4. The van der Waals surface area contributed by atoms with E-state index < -0.39 is 60.7 Å². The second kappa shape index (κ2) is 20.2. The Morgan fingerprint density at radius 1 is 0.983 bits per heavy atom. The van der Waals surface area contributed by atoms with Crippen LogP contribution in [0.25, 0.3) is 17.3 Å². The Labute approximate surface area is 340 Å². The first-order valence-electron chi connectivity index (χ1n) is 18.1. The van der Waals surface area contributed by atoms with E-state index in [9.17, 15) is 39.9 Å². The number of hydrogen-bond acceptors (Lipinski definition) is 13. The molecule has 59 heavy (non-hydrogen) atoms. The van der Waals surface area contributed by atoms with Crippen LogP contribution >= 0.6 is 11.6 Å². The number of β-amino-alcohol motifs (C(OH)–C–C–N with tert-alkyl or cyclic N) is 1. The quantitative estimate of drug-likeness (QED) is 0.0694. The normalized spacial score (nSPS) is 17.4. The predicted octanol–water partition coefficient (Wildman–Crippen LogP) is 1.16. The number of amides is 2. The average molecular weight is 838 g/mol. The van der Waals surface area contributed by atoms with E-state index >= 15 is 4.39 Å². The maximum atomic E-state index is 15.3. The second-order valence-corrected chi connectivity index (χ2v) is 13.9. The maximum absolute atomic E-state index is 15.3. The highest BCUT2D eigenvalue weighted by molar-refractivity contribution is 6.31. The Kier molecular flexibility index (Phi) is 15.1. The van der Waals surface area contributed by atoms with Crippen molar-refractivity contribution in [1.82, 2.24) is 30.0 Å². The highest BCUT2D eigenvalue weighted by Crippen LogP contribution is 2.37. The molecule has 4 aromatic rings. The zero-order chi connectivity index (χ0) is 42.8. The molecule has 0 saturated carbocycles. The summed E-state index contributed by atoms with van der Waals surface area (Å²) in [5.41, 5.74) is 3.69. The van der Waals surface area contributed by atoms with Gasteiger partial charge in [-0.1, -0.05) is 35.9 Å². The molecule has 8 N–H and O–H groups in total. The third-order valence-corrected chi connectivity index (χ3v) is 10.2. The van der Waals surface area contributed by atoms with E-state index in [1.807, 2.05) is 17.0 Å². The highest BCUT2D eigenvalue weighted by atomic mass is 35.5. The molecule has 3 heterocycles. The van der Waals surface area contributed by atoms with E-state index in [0.717, 1.165) is 22.8 Å². The number of aliphatic hydroxyl groups is 5. The molecule has 20 heteroatoms. The Hall–Kier alpha value is -5.93. The topological polar surface area (TPSA) is 272 Å². The fourth-order valence-corrected chi connectivity index (χ4v) is 7.06. The van der Waals surface area contributed by atoms with Gasteiger partial charge >= 0.3 is 5.97 Å². The number of nitrogens with zero attached hydrogens (tertiary/aromatic N) is 6. The summed E-state index contributed by atoms with van der Waals surface area (Å²) in [4.78, 5) is 51.2. The first-order chi connectivity index (χ1) is 28.3. The molecule has 3 aromatic carbocycles. The lowest BCUT2D eigenvalue weighted by molar-refractivity contribution is -0.135. The van der Waals surface area contributed by atoms with Crippen LogP contribution in [-0.4, -0.2) is 147 Å². The van der Waals surface area contributed by atoms with Gasteiger partial charge < -0.3 is 46.0 Å². The zero-order valence-corrected chi connectivity index (χ0v) is 31.9. The van der Waals surface area contributed by atoms with Crippen molar-refractivity contribution in [1.29, 1.82) is 0 Å². The molecule has 312 valence electrons. The van der Waals surface area contributed by atoms with Crippen molar-refractivity contribution in [3.8, 4) is 5.69 Å². The van der Waals surface area contributed by atoms with Crippen molar-refractivity contribution in [2.45, 2.75) is 43.3 Å². The first kappa shape index (κ1) is 44.2. The largest absolute Gasteiger partial charge is 0.483 e. The Balaban J connectivity index is 0.00000214. The van der Waals surface area contributed by atoms with Crippen molar-refractivity contribution in [3.05, 3.63) is 112 Å². The number of carboxylic acids is 1. The number of nitrogens with one attached hydrogen (secondary N) is 1. The van der Waals surface area contributed by atoms with Crippen molar-refractivity contribution in [2.24, 2.45) is 0 Å². The van der Waals surface area contributed by atoms with Gasteiger partial charge in [0.15, 0.2) is 5.82 Å². The Morgan fingerprint density at radius 3 is 2.32 bits per heavy atom. The molecule has 0 spiro atoms. The van der Waals surface area contributed by atoms with Gasteiger partial charge in [-0.3, -0.25) is 19.3 Å². The lowest BCUT2D eigenvalue weighted by Gasteiger charge is -2.37. The van der Waals surface area contributed by atoms with E-state index in [-0.39, 0.29) is 41.4 Å². The molecule has 5 atom stereocenters. The summed E-state index contributed by atoms with van der Waals surface area (Å²) >= 11 is 6.08.